The summed E-state index contributed by atoms with van der Waals surface area (Å²) in [6.07, 6.45) is 1.61. The zero-order valence-electron chi connectivity index (χ0n) is 22.3. The van der Waals surface area contributed by atoms with Gasteiger partial charge in [-0.15, -0.1) is 0 Å². The van der Waals surface area contributed by atoms with E-state index in [-0.39, 0.29) is 5.95 Å². The lowest BCUT2D eigenvalue weighted by molar-refractivity contribution is 0.0727. The number of para-hydroxylation sites is 1. The van der Waals surface area contributed by atoms with Crippen LogP contribution in [0.1, 0.15) is 22.8 Å². The van der Waals surface area contributed by atoms with Gasteiger partial charge in [-0.05, 0) is 77.5 Å². The summed E-state index contributed by atoms with van der Waals surface area (Å²) in [5.41, 5.74) is 4.97. The SMILES string of the molecule is CCOc1cc(/C=N\Nc2nc(Nc3ccccc3)nc(N3CCOCC3)n2)ccc1OC(=O)c1ccccc1I. The summed E-state index contributed by atoms with van der Waals surface area (Å²) in [5.74, 6) is 1.50. The number of ether oxygens (including phenoxy) is 3. The monoisotopic (exact) mass is 665 g/mol. The van der Waals surface area contributed by atoms with E-state index in [0.29, 0.717) is 61.9 Å². The number of nitrogens with one attached hydrogen (secondary N) is 2. The molecule has 0 unspecified atom stereocenters. The van der Waals surface area contributed by atoms with E-state index in [1.807, 2.05) is 54.3 Å². The van der Waals surface area contributed by atoms with Crippen molar-refractivity contribution in [1.82, 2.24) is 15.0 Å². The number of halogens is 1. The Morgan fingerprint density at radius 2 is 1.76 bits per heavy atom. The molecule has 11 nitrogen and oxygen atoms in total. The van der Waals surface area contributed by atoms with E-state index >= 15 is 0 Å². The van der Waals surface area contributed by atoms with E-state index in [9.17, 15) is 4.79 Å². The molecule has 0 radical (unpaired) electrons. The molecule has 1 saturated heterocycles. The molecular formula is C29H28IN7O4. The number of anilines is 4. The second-order valence-electron chi connectivity index (χ2n) is 8.75. The fourth-order valence-electron chi connectivity index (χ4n) is 3.93. The number of hydrogen-bond acceptors (Lipinski definition) is 11. The number of hydrazone groups is 1. The number of aromatic nitrogens is 3. The zero-order chi connectivity index (χ0) is 28.4. The number of hydrogen-bond donors (Lipinski definition) is 2. The maximum atomic E-state index is 12.7. The van der Waals surface area contributed by atoms with Crippen LogP contribution in [0.3, 0.4) is 0 Å². The van der Waals surface area contributed by atoms with Crippen LogP contribution in [0.5, 0.6) is 11.5 Å². The van der Waals surface area contributed by atoms with Crippen LogP contribution in [0.15, 0.2) is 77.9 Å². The summed E-state index contributed by atoms with van der Waals surface area (Å²) in [7, 11) is 0. The summed E-state index contributed by atoms with van der Waals surface area (Å²) < 4.78 is 17.7. The standard InChI is InChI=1S/C29H28IN7O4/c1-2-40-25-18-20(12-13-24(25)41-26(38)22-10-6-7-11-23(22)30)19-31-36-28-33-27(32-21-8-4-3-5-9-21)34-29(35-28)37-14-16-39-17-15-37/h3-13,18-19H,2,14-17H2,1H3,(H2,32,33,34,35,36)/b31-19-. The highest BCUT2D eigenvalue weighted by atomic mass is 127. The van der Waals surface area contributed by atoms with Gasteiger partial charge in [0.05, 0.1) is 31.6 Å². The van der Waals surface area contributed by atoms with Gasteiger partial charge in [0.1, 0.15) is 0 Å². The molecule has 0 saturated carbocycles. The number of esters is 1. The van der Waals surface area contributed by atoms with E-state index in [1.54, 1.807) is 36.5 Å². The number of rotatable bonds is 10. The van der Waals surface area contributed by atoms with Crippen LogP contribution in [-0.4, -0.2) is 60.0 Å². The number of nitrogens with zero attached hydrogens (tertiary/aromatic N) is 5. The second kappa shape index (κ2) is 13.9. The molecule has 0 amide bonds. The molecule has 41 heavy (non-hydrogen) atoms. The van der Waals surface area contributed by atoms with Crippen molar-refractivity contribution < 1.29 is 19.0 Å². The van der Waals surface area contributed by atoms with Gasteiger partial charge in [-0.25, -0.2) is 10.2 Å². The van der Waals surface area contributed by atoms with Crippen molar-refractivity contribution >= 4 is 58.3 Å². The maximum absolute atomic E-state index is 12.7. The molecule has 0 aliphatic carbocycles. The topological polar surface area (TPSA) is 123 Å². The third-order valence-corrected chi connectivity index (χ3v) is 6.83. The minimum Gasteiger partial charge on any atom is -0.490 e. The van der Waals surface area contributed by atoms with Crippen molar-refractivity contribution in [3.8, 4) is 11.5 Å². The first kappa shape index (κ1) is 28.2. The molecule has 1 aliphatic rings. The van der Waals surface area contributed by atoms with Gasteiger partial charge in [-0.1, -0.05) is 30.3 Å². The highest BCUT2D eigenvalue weighted by Crippen LogP contribution is 2.29. The van der Waals surface area contributed by atoms with Crippen LogP contribution >= 0.6 is 22.6 Å². The highest BCUT2D eigenvalue weighted by Gasteiger charge is 2.17. The van der Waals surface area contributed by atoms with Crippen molar-refractivity contribution in [2.75, 3.05) is 48.6 Å². The zero-order valence-corrected chi connectivity index (χ0v) is 24.4. The smallest absolute Gasteiger partial charge is 0.344 e. The Hall–Kier alpha value is -4.30. The molecule has 2 heterocycles. The van der Waals surface area contributed by atoms with Crippen LogP contribution in [0, 0.1) is 3.57 Å². The third kappa shape index (κ3) is 7.67. The Labute approximate surface area is 251 Å². The normalized spacial score (nSPS) is 13.2. The first-order chi connectivity index (χ1) is 20.1. The Balaban J connectivity index is 1.33. The van der Waals surface area contributed by atoms with Gasteiger partial charge < -0.3 is 24.4 Å². The van der Waals surface area contributed by atoms with Crippen molar-refractivity contribution in [3.05, 3.63) is 87.5 Å². The molecule has 12 heteroatoms. The molecule has 1 aliphatic heterocycles. The third-order valence-electron chi connectivity index (χ3n) is 5.89. The average Bonchev–Trinajstić information content (AvgIpc) is 2.99. The van der Waals surface area contributed by atoms with Crippen molar-refractivity contribution in [2.45, 2.75) is 6.92 Å². The Bertz CT molecular complexity index is 1510. The number of carbonyl (C=O) groups is 1. The minimum atomic E-state index is -0.454. The van der Waals surface area contributed by atoms with E-state index in [4.69, 9.17) is 14.2 Å². The van der Waals surface area contributed by atoms with Crippen LogP contribution in [0.4, 0.5) is 23.5 Å². The van der Waals surface area contributed by atoms with Gasteiger partial charge >= 0.3 is 5.97 Å². The maximum Gasteiger partial charge on any atom is 0.344 e. The van der Waals surface area contributed by atoms with Gasteiger partial charge in [0.25, 0.3) is 0 Å². The number of carbonyl (C=O) groups excluding carboxylic acids is 1. The summed E-state index contributed by atoms with van der Waals surface area (Å²) in [5, 5.41) is 7.55. The Morgan fingerprint density at radius 3 is 2.54 bits per heavy atom. The summed E-state index contributed by atoms with van der Waals surface area (Å²) in [6.45, 7) is 4.83. The van der Waals surface area contributed by atoms with Gasteiger partial charge in [0.2, 0.25) is 17.8 Å². The van der Waals surface area contributed by atoms with Gasteiger partial charge in [0, 0.05) is 22.3 Å². The fourth-order valence-corrected chi connectivity index (χ4v) is 4.54. The lowest BCUT2D eigenvalue weighted by Crippen LogP contribution is -2.37. The van der Waals surface area contributed by atoms with Gasteiger partial charge in [-0.2, -0.15) is 20.1 Å². The highest BCUT2D eigenvalue weighted by molar-refractivity contribution is 14.1. The fraction of sp³-hybridized carbons (Fsp3) is 0.207. The van der Waals surface area contributed by atoms with Crippen molar-refractivity contribution in [2.24, 2.45) is 5.10 Å². The second-order valence-corrected chi connectivity index (χ2v) is 9.91. The van der Waals surface area contributed by atoms with Gasteiger partial charge in [-0.3, -0.25) is 0 Å². The lowest BCUT2D eigenvalue weighted by Gasteiger charge is -2.27. The Morgan fingerprint density at radius 1 is 1.00 bits per heavy atom. The van der Waals surface area contributed by atoms with E-state index in [1.165, 1.54) is 0 Å². The minimum absolute atomic E-state index is 0.282. The Kier molecular flexibility index (Phi) is 9.54. The molecule has 0 spiro atoms. The van der Waals surface area contributed by atoms with Crippen molar-refractivity contribution in [3.63, 3.8) is 0 Å². The van der Waals surface area contributed by atoms with E-state index in [0.717, 1.165) is 14.8 Å². The largest absolute Gasteiger partial charge is 0.490 e. The molecule has 4 aromatic rings. The quantitative estimate of drug-likeness (QED) is 0.0776. The van der Waals surface area contributed by atoms with E-state index < -0.39 is 5.97 Å². The first-order valence-corrected chi connectivity index (χ1v) is 14.1. The average molecular weight is 665 g/mol. The molecule has 0 bridgehead atoms. The predicted octanol–water partition coefficient (Wildman–Crippen LogP) is 5.12. The van der Waals surface area contributed by atoms with E-state index in [2.05, 4.69) is 53.4 Å². The first-order valence-electron chi connectivity index (χ1n) is 13.0. The molecule has 1 aromatic heterocycles. The van der Waals surface area contributed by atoms with Crippen LogP contribution < -0.4 is 25.1 Å². The lowest BCUT2D eigenvalue weighted by atomic mass is 10.2. The summed E-state index contributed by atoms with van der Waals surface area (Å²) >= 11 is 2.11. The molecular weight excluding hydrogens is 637 g/mol. The summed E-state index contributed by atoms with van der Waals surface area (Å²) in [6, 6.07) is 22.1. The predicted molar refractivity (Wildman–Crippen MR) is 166 cm³/mol. The number of benzene rings is 3. The van der Waals surface area contributed by atoms with Crippen LogP contribution in [0.25, 0.3) is 0 Å². The van der Waals surface area contributed by atoms with Gasteiger partial charge in [0.15, 0.2) is 11.5 Å². The summed E-state index contributed by atoms with van der Waals surface area (Å²) in [4.78, 5) is 28.4. The molecule has 1 fully saturated rings. The van der Waals surface area contributed by atoms with Crippen molar-refractivity contribution in [1.29, 1.82) is 0 Å². The van der Waals surface area contributed by atoms with Crippen LogP contribution in [0.2, 0.25) is 0 Å². The van der Waals surface area contributed by atoms with Crippen LogP contribution in [-0.2, 0) is 4.74 Å². The molecule has 5 rings (SSSR count). The molecule has 2 N–H and O–H groups in total. The molecule has 0 atom stereocenters. The molecule has 3 aromatic carbocycles. The molecule has 210 valence electrons. The number of morpholine rings is 1.